The molecule has 5 heteroatoms. The summed E-state index contributed by atoms with van der Waals surface area (Å²) in [5.74, 6) is -0.438. The number of carbonyl (C=O) groups is 1. The van der Waals surface area contributed by atoms with Crippen molar-refractivity contribution < 1.29 is 9.90 Å². The first-order valence-corrected chi connectivity index (χ1v) is 2.91. The van der Waals surface area contributed by atoms with E-state index in [9.17, 15) is 4.79 Å². The SMILES string of the molecule is N[C@H](CCS)C(=O)O.[NaH]. The molecule has 0 fully saturated rings. The van der Waals surface area contributed by atoms with Gasteiger partial charge < -0.3 is 10.8 Å². The summed E-state index contributed by atoms with van der Waals surface area (Å²) in [5, 5.41) is 8.15. The molecule has 50 valence electrons. The fourth-order valence-electron chi connectivity index (χ4n) is 0.263. The van der Waals surface area contributed by atoms with Crippen molar-refractivity contribution in [2.24, 2.45) is 5.73 Å². The quantitative estimate of drug-likeness (QED) is 0.368. The van der Waals surface area contributed by atoms with Gasteiger partial charge in [-0.3, -0.25) is 4.79 Å². The van der Waals surface area contributed by atoms with Crippen molar-refractivity contribution in [2.75, 3.05) is 5.75 Å². The van der Waals surface area contributed by atoms with Crippen LogP contribution in [0.2, 0.25) is 0 Å². The minimum absolute atomic E-state index is 0. The van der Waals surface area contributed by atoms with Crippen molar-refractivity contribution in [3.8, 4) is 0 Å². The Balaban J connectivity index is 0. The van der Waals surface area contributed by atoms with Crippen molar-refractivity contribution in [1.29, 1.82) is 0 Å². The summed E-state index contributed by atoms with van der Waals surface area (Å²) in [4.78, 5) is 9.93. The third-order valence-electron chi connectivity index (χ3n) is 0.757. The summed E-state index contributed by atoms with van der Waals surface area (Å²) in [6.45, 7) is 0. The van der Waals surface area contributed by atoms with Crippen LogP contribution in [-0.2, 0) is 4.79 Å². The van der Waals surface area contributed by atoms with E-state index in [1.54, 1.807) is 0 Å². The van der Waals surface area contributed by atoms with Crippen molar-refractivity contribution in [3.63, 3.8) is 0 Å². The van der Waals surface area contributed by atoms with E-state index in [1.807, 2.05) is 0 Å². The summed E-state index contributed by atoms with van der Waals surface area (Å²) < 4.78 is 0. The molecule has 0 aliphatic heterocycles. The molecule has 0 bridgehead atoms. The molecular weight excluding hydrogens is 149 g/mol. The van der Waals surface area contributed by atoms with Gasteiger partial charge in [0.25, 0.3) is 0 Å². The zero-order chi connectivity index (χ0) is 6.57. The van der Waals surface area contributed by atoms with Crippen LogP contribution in [0.5, 0.6) is 0 Å². The van der Waals surface area contributed by atoms with Gasteiger partial charge in [-0.1, -0.05) is 0 Å². The Kier molecular flexibility index (Phi) is 9.54. The zero-order valence-electron chi connectivity index (χ0n) is 4.37. The molecule has 3 nitrogen and oxygen atoms in total. The van der Waals surface area contributed by atoms with E-state index < -0.39 is 12.0 Å². The van der Waals surface area contributed by atoms with E-state index in [0.717, 1.165) is 0 Å². The number of thiol groups is 1. The second kappa shape index (κ2) is 6.89. The molecule has 0 amide bonds. The van der Waals surface area contributed by atoms with Gasteiger partial charge in [0.05, 0.1) is 0 Å². The van der Waals surface area contributed by atoms with Gasteiger partial charge in [0, 0.05) is 0 Å². The fourth-order valence-corrected chi connectivity index (χ4v) is 0.541. The molecule has 0 aromatic carbocycles. The van der Waals surface area contributed by atoms with Crippen LogP contribution in [-0.4, -0.2) is 52.4 Å². The number of carboxylic acids is 1. The van der Waals surface area contributed by atoms with Crippen LogP contribution in [0, 0.1) is 0 Å². The van der Waals surface area contributed by atoms with Gasteiger partial charge in [-0.2, -0.15) is 12.6 Å². The first kappa shape index (κ1) is 12.5. The molecule has 0 aliphatic rings. The first-order chi connectivity index (χ1) is 3.68. The Morgan fingerprint density at radius 3 is 2.33 bits per heavy atom. The third kappa shape index (κ3) is 6.67. The normalized spacial score (nSPS) is 11.8. The van der Waals surface area contributed by atoms with Crippen LogP contribution in [0.25, 0.3) is 0 Å². The molecule has 1 atom stereocenters. The van der Waals surface area contributed by atoms with E-state index in [0.29, 0.717) is 12.2 Å². The Hall–Kier alpha value is 0.780. The monoisotopic (exact) mass is 159 g/mol. The van der Waals surface area contributed by atoms with E-state index >= 15 is 0 Å². The van der Waals surface area contributed by atoms with E-state index in [1.165, 1.54) is 0 Å². The van der Waals surface area contributed by atoms with E-state index in [4.69, 9.17) is 10.8 Å². The summed E-state index contributed by atoms with van der Waals surface area (Å²) in [6, 6.07) is -0.743. The number of hydrogen-bond donors (Lipinski definition) is 3. The zero-order valence-corrected chi connectivity index (χ0v) is 5.27. The molecule has 0 heterocycles. The Morgan fingerprint density at radius 1 is 1.78 bits per heavy atom. The molecule has 0 saturated heterocycles. The topological polar surface area (TPSA) is 63.3 Å². The number of nitrogens with two attached hydrogens (primary N) is 1. The minimum atomic E-state index is -0.959. The molecule has 0 saturated carbocycles. The first-order valence-electron chi connectivity index (χ1n) is 2.27. The Morgan fingerprint density at radius 2 is 2.22 bits per heavy atom. The molecule has 0 radical (unpaired) electrons. The maximum absolute atomic E-state index is 9.93. The molecule has 0 spiro atoms. The molecule has 0 rings (SSSR count). The summed E-state index contributed by atoms with van der Waals surface area (Å²) in [6.07, 6.45) is 0.429. The number of carboxylic acid groups (broad SMARTS) is 1. The molecule has 0 aromatic heterocycles. The Bertz CT molecular complexity index is 90.6. The molecule has 0 unspecified atom stereocenters. The second-order valence-electron chi connectivity index (χ2n) is 1.46. The van der Waals surface area contributed by atoms with Gasteiger partial charge in [-0.25, -0.2) is 0 Å². The van der Waals surface area contributed by atoms with Crippen LogP contribution in [0.4, 0.5) is 0 Å². The number of aliphatic carboxylic acids is 1. The second-order valence-corrected chi connectivity index (χ2v) is 1.90. The van der Waals surface area contributed by atoms with Crippen LogP contribution in [0.1, 0.15) is 6.42 Å². The van der Waals surface area contributed by atoms with Crippen LogP contribution in [0.15, 0.2) is 0 Å². The van der Waals surface area contributed by atoms with Gasteiger partial charge >= 0.3 is 35.5 Å². The average molecular weight is 159 g/mol. The van der Waals surface area contributed by atoms with E-state index in [2.05, 4.69) is 12.6 Å². The van der Waals surface area contributed by atoms with Crippen molar-refractivity contribution in [3.05, 3.63) is 0 Å². The number of hydrogen-bond acceptors (Lipinski definition) is 3. The maximum atomic E-state index is 9.93. The van der Waals surface area contributed by atoms with Gasteiger partial charge in [-0.15, -0.1) is 0 Å². The van der Waals surface area contributed by atoms with Gasteiger partial charge in [0.15, 0.2) is 0 Å². The van der Waals surface area contributed by atoms with Gasteiger partial charge in [0.1, 0.15) is 6.04 Å². The Labute approximate surface area is 81.7 Å². The molecular formula is C4H10NNaO2S. The third-order valence-corrected chi connectivity index (χ3v) is 1.02. The summed E-state index contributed by atoms with van der Waals surface area (Å²) >= 11 is 3.81. The number of rotatable bonds is 3. The molecule has 9 heavy (non-hydrogen) atoms. The van der Waals surface area contributed by atoms with Gasteiger partial charge in [-0.05, 0) is 12.2 Å². The predicted molar refractivity (Wildman–Crippen MR) is 41.2 cm³/mol. The van der Waals surface area contributed by atoms with Crippen molar-refractivity contribution in [2.45, 2.75) is 12.5 Å². The van der Waals surface area contributed by atoms with E-state index in [-0.39, 0.29) is 29.6 Å². The van der Waals surface area contributed by atoms with Crippen molar-refractivity contribution >= 4 is 48.2 Å². The average Bonchev–Trinajstić information content (AvgIpc) is 1.67. The molecule has 3 N–H and O–H groups in total. The fraction of sp³-hybridized carbons (Fsp3) is 0.750. The van der Waals surface area contributed by atoms with Crippen LogP contribution in [0.3, 0.4) is 0 Å². The van der Waals surface area contributed by atoms with Crippen molar-refractivity contribution in [1.82, 2.24) is 0 Å². The summed E-state index contributed by atoms with van der Waals surface area (Å²) in [7, 11) is 0. The van der Waals surface area contributed by atoms with Crippen LogP contribution < -0.4 is 5.73 Å². The van der Waals surface area contributed by atoms with Gasteiger partial charge in [0.2, 0.25) is 0 Å². The molecule has 0 aromatic rings. The predicted octanol–water partition coefficient (Wildman–Crippen LogP) is -0.930. The standard InChI is InChI=1S/C4H9NO2S.Na.H/c5-3(1-2-8)4(6)7;;/h3,8H,1-2,5H2,(H,6,7);;/t3-;;/m1../s1. The van der Waals surface area contributed by atoms with Crippen LogP contribution >= 0.6 is 12.6 Å². The summed E-state index contributed by atoms with van der Waals surface area (Å²) in [5.41, 5.74) is 5.08. The molecule has 0 aliphatic carbocycles.